The first kappa shape index (κ1) is 10.7. The molecule has 0 aliphatic rings. The zero-order chi connectivity index (χ0) is 10.6. The second-order valence-corrected chi connectivity index (χ2v) is 3.22. The van der Waals surface area contributed by atoms with Crippen LogP contribution < -0.4 is 0 Å². The Bertz CT molecular complexity index is 306. The van der Waals surface area contributed by atoms with Gasteiger partial charge in [-0.15, -0.1) is 0 Å². The molecule has 0 saturated carbocycles. The van der Waals surface area contributed by atoms with Gasteiger partial charge in [-0.3, -0.25) is 0 Å². The molecule has 1 rings (SSSR count). The van der Waals surface area contributed by atoms with Crippen molar-refractivity contribution in [3.05, 3.63) is 29.6 Å². The van der Waals surface area contributed by atoms with Crippen LogP contribution in [0.2, 0.25) is 0 Å². The normalized spacial score (nSPS) is 10.5. The van der Waals surface area contributed by atoms with E-state index in [1.54, 1.807) is 6.07 Å². The van der Waals surface area contributed by atoms with E-state index in [1.807, 2.05) is 13.8 Å². The predicted molar refractivity (Wildman–Crippen MR) is 51.1 cm³/mol. The van der Waals surface area contributed by atoms with Gasteiger partial charge in [0, 0.05) is 6.20 Å². The predicted octanol–water partition coefficient (Wildman–Crippen LogP) is 1.70. The Labute approximate surface area is 82.5 Å². The average molecular weight is 195 g/mol. The van der Waals surface area contributed by atoms with Crippen LogP contribution in [0, 0.1) is 0 Å². The summed E-state index contributed by atoms with van der Waals surface area (Å²) in [5.74, 6) is -1.01. The zero-order valence-corrected chi connectivity index (χ0v) is 8.23. The number of ether oxygens (including phenoxy) is 1. The number of hydrogen-bond donors (Lipinski definition) is 1. The third-order valence-electron chi connectivity index (χ3n) is 1.63. The van der Waals surface area contributed by atoms with Gasteiger partial charge in [0.25, 0.3) is 0 Å². The highest BCUT2D eigenvalue weighted by molar-refractivity contribution is 5.85. The Morgan fingerprint density at radius 1 is 1.57 bits per heavy atom. The van der Waals surface area contributed by atoms with Crippen molar-refractivity contribution in [3.8, 4) is 0 Å². The molecule has 1 aromatic heterocycles. The minimum absolute atomic E-state index is 0.0540. The molecular weight excluding hydrogens is 182 g/mol. The molecule has 0 amide bonds. The van der Waals surface area contributed by atoms with Crippen LogP contribution in [0.4, 0.5) is 0 Å². The number of carboxylic acid groups (broad SMARTS) is 1. The van der Waals surface area contributed by atoms with Gasteiger partial charge in [-0.05, 0) is 25.5 Å². The highest BCUT2D eigenvalue weighted by Crippen LogP contribution is 2.03. The molecule has 14 heavy (non-hydrogen) atoms. The van der Waals surface area contributed by atoms with E-state index in [1.165, 1.54) is 12.3 Å². The first-order valence-electron chi connectivity index (χ1n) is 4.39. The van der Waals surface area contributed by atoms with Crippen molar-refractivity contribution in [3.63, 3.8) is 0 Å². The Balaban J connectivity index is 2.60. The highest BCUT2D eigenvalue weighted by atomic mass is 16.5. The van der Waals surface area contributed by atoms with Gasteiger partial charge >= 0.3 is 5.97 Å². The molecule has 0 unspecified atom stereocenters. The molecule has 0 radical (unpaired) electrons. The summed E-state index contributed by atoms with van der Waals surface area (Å²) in [6.07, 6.45) is 1.68. The topological polar surface area (TPSA) is 59.4 Å². The SMILES string of the molecule is CC(C)OCc1ccc(C(=O)O)nc1. The molecule has 1 N–H and O–H groups in total. The smallest absolute Gasteiger partial charge is 0.354 e. The summed E-state index contributed by atoms with van der Waals surface area (Å²) in [6, 6.07) is 3.18. The largest absolute Gasteiger partial charge is 0.477 e. The van der Waals surface area contributed by atoms with Crippen molar-refractivity contribution in [1.29, 1.82) is 0 Å². The summed E-state index contributed by atoms with van der Waals surface area (Å²) in [5.41, 5.74) is 0.932. The molecule has 4 nitrogen and oxygen atoms in total. The van der Waals surface area contributed by atoms with Gasteiger partial charge < -0.3 is 9.84 Å². The van der Waals surface area contributed by atoms with Crippen molar-refractivity contribution in [1.82, 2.24) is 4.98 Å². The number of carbonyl (C=O) groups is 1. The first-order chi connectivity index (χ1) is 6.59. The van der Waals surface area contributed by atoms with E-state index in [-0.39, 0.29) is 11.8 Å². The Kier molecular flexibility index (Phi) is 3.59. The molecule has 0 aliphatic carbocycles. The van der Waals surface area contributed by atoms with Crippen LogP contribution in [0.3, 0.4) is 0 Å². The van der Waals surface area contributed by atoms with Crippen LogP contribution in [0.1, 0.15) is 29.9 Å². The Morgan fingerprint density at radius 2 is 2.29 bits per heavy atom. The van der Waals surface area contributed by atoms with Crippen molar-refractivity contribution in [2.75, 3.05) is 0 Å². The maximum absolute atomic E-state index is 10.5. The van der Waals surface area contributed by atoms with Crippen LogP contribution in [0.25, 0.3) is 0 Å². The number of aromatic nitrogens is 1. The fourth-order valence-electron chi connectivity index (χ4n) is 0.899. The van der Waals surface area contributed by atoms with Crippen molar-refractivity contribution >= 4 is 5.97 Å². The van der Waals surface area contributed by atoms with Crippen LogP contribution in [-0.4, -0.2) is 22.2 Å². The van der Waals surface area contributed by atoms with Gasteiger partial charge in [0.05, 0.1) is 12.7 Å². The lowest BCUT2D eigenvalue weighted by molar-refractivity contribution is 0.0649. The van der Waals surface area contributed by atoms with Gasteiger partial charge in [0.2, 0.25) is 0 Å². The van der Waals surface area contributed by atoms with Gasteiger partial charge in [0.15, 0.2) is 0 Å². The molecule has 0 spiro atoms. The molecular formula is C10H13NO3. The summed E-state index contributed by atoms with van der Waals surface area (Å²) >= 11 is 0. The molecule has 0 atom stereocenters. The monoisotopic (exact) mass is 195 g/mol. The second-order valence-electron chi connectivity index (χ2n) is 3.22. The highest BCUT2D eigenvalue weighted by Gasteiger charge is 2.03. The van der Waals surface area contributed by atoms with Crippen LogP contribution in [-0.2, 0) is 11.3 Å². The second kappa shape index (κ2) is 4.72. The number of carboxylic acids is 1. The molecule has 0 bridgehead atoms. The van der Waals surface area contributed by atoms with E-state index in [0.717, 1.165) is 5.56 Å². The number of hydrogen-bond acceptors (Lipinski definition) is 3. The molecule has 0 saturated heterocycles. The van der Waals surface area contributed by atoms with Crippen LogP contribution in [0.15, 0.2) is 18.3 Å². The van der Waals surface area contributed by atoms with Crippen molar-refractivity contribution < 1.29 is 14.6 Å². The standard InChI is InChI=1S/C10H13NO3/c1-7(2)14-6-8-3-4-9(10(12)13)11-5-8/h3-5,7H,6H2,1-2H3,(H,12,13). The average Bonchev–Trinajstić information content (AvgIpc) is 2.15. The summed E-state index contributed by atoms with van der Waals surface area (Å²) in [5, 5.41) is 8.60. The van der Waals surface area contributed by atoms with Crippen LogP contribution >= 0.6 is 0 Å². The van der Waals surface area contributed by atoms with E-state index in [4.69, 9.17) is 9.84 Å². The van der Waals surface area contributed by atoms with Gasteiger partial charge in [-0.2, -0.15) is 0 Å². The van der Waals surface area contributed by atoms with E-state index in [0.29, 0.717) is 6.61 Å². The number of pyridine rings is 1. The lowest BCUT2D eigenvalue weighted by Crippen LogP contribution is -2.04. The quantitative estimate of drug-likeness (QED) is 0.794. The first-order valence-corrected chi connectivity index (χ1v) is 4.39. The molecule has 1 heterocycles. The fraction of sp³-hybridized carbons (Fsp3) is 0.400. The molecule has 0 fully saturated rings. The van der Waals surface area contributed by atoms with Crippen molar-refractivity contribution in [2.45, 2.75) is 26.6 Å². The molecule has 0 aliphatic heterocycles. The van der Waals surface area contributed by atoms with E-state index < -0.39 is 5.97 Å². The zero-order valence-electron chi connectivity index (χ0n) is 8.23. The van der Waals surface area contributed by atoms with Gasteiger partial charge in [-0.25, -0.2) is 9.78 Å². The van der Waals surface area contributed by atoms with E-state index in [2.05, 4.69) is 4.98 Å². The lowest BCUT2D eigenvalue weighted by atomic mass is 10.2. The summed E-state index contributed by atoms with van der Waals surface area (Å²) in [4.78, 5) is 14.3. The minimum Gasteiger partial charge on any atom is -0.477 e. The molecule has 4 heteroatoms. The molecule has 0 aromatic carbocycles. The Morgan fingerprint density at radius 3 is 2.71 bits per heavy atom. The number of aromatic carboxylic acids is 1. The van der Waals surface area contributed by atoms with Crippen molar-refractivity contribution in [2.24, 2.45) is 0 Å². The third kappa shape index (κ3) is 3.14. The van der Waals surface area contributed by atoms with Crippen LogP contribution in [0.5, 0.6) is 0 Å². The van der Waals surface area contributed by atoms with Gasteiger partial charge in [0.1, 0.15) is 5.69 Å². The lowest BCUT2D eigenvalue weighted by Gasteiger charge is -2.06. The summed E-state index contributed by atoms with van der Waals surface area (Å²) < 4.78 is 5.34. The fourth-order valence-corrected chi connectivity index (χ4v) is 0.899. The number of rotatable bonds is 4. The maximum atomic E-state index is 10.5. The van der Waals surface area contributed by atoms with E-state index >= 15 is 0 Å². The Hall–Kier alpha value is -1.42. The summed E-state index contributed by atoms with van der Waals surface area (Å²) in [6.45, 7) is 4.35. The summed E-state index contributed by atoms with van der Waals surface area (Å²) in [7, 11) is 0. The minimum atomic E-state index is -1.01. The third-order valence-corrected chi connectivity index (χ3v) is 1.63. The number of nitrogens with zero attached hydrogens (tertiary/aromatic N) is 1. The maximum Gasteiger partial charge on any atom is 0.354 e. The molecule has 76 valence electrons. The molecule has 1 aromatic rings. The van der Waals surface area contributed by atoms with Gasteiger partial charge in [-0.1, -0.05) is 6.07 Å². The van der Waals surface area contributed by atoms with E-state index in [9.17, 15) is 4.79 Å².